The topological polar surface area (TPSA) is 68.7 Å². The van der Waals surface area contributed by atoms with Crippen molar-refractivity contribution in [1.29, 1.82) is 0 Å². The minimum atomic E-state index is -0.444. The second-order valence-electron chi connectivity index (χ2n) is 4.75. The Labute approximate surface area is 117 Å². The molecule has 1 aromatic rings. The molecule has 1 aliphatic heterocycles. The lowest BCUT2D eigenvalue weighted by atomic mass is 10.1. The van der Waals surface area contributed by atoms with Crippen molar-refractivity contribution in [3.05, 3.63) is 29.6 Å². The van der Waals surface area contributed by atoms with Gasteiger partial charge in [0.1, 0.15) is 5.69 Å². The fourth-order valence-electron chi connectivity index (χ4n) is 2.35. The van der Waals surface area contributed by atoms with Crippen molar-refractivity contribution in [3.8, 4) is 0 Å². The summed E-state index contributed by atoms with van der Waals surface area (Å²) in [5.74, 6) is -0.673. The third-order valence-corrected chi connectivity index (χ3v) is 3.39. The number of likely N-dealkylation sites (tertiary alicyclic amines) is 1. The van der Waals surface area contributed by atoms with Crippen LogP contribution in [0.4, 0.5) is 0 Å². The lowest BCUT2D eigenvalue weighted by Gasteiger charge is -2.15. The average molecular weight is 278 g/mol. The lowest BCUT2D eigenvalue weighted by molar-refractivity contribution is -0.144. The van der Waals surface area contributed by atoms with E-state index in [0.717, 1.165) is 18.7 Å². The quantitative estimate of drug-likeness (QED) is 0.761. The van der Waals surface area contributed by atoms with Gasteiger partial charge in [-0.05, 0) is 25.1 Å². The molecule has 2 heterocycles. The van der Waals surface area contributed by atoms with Crippen LogP contribution in [0.3, 0.4) is 0 Å². The van der Waals surface area contributed by atoms with Gasteiger partial charge in [-0.3, -0.25) is 9.69 Å². The zero-order valence-electron chi connectivity index (χ0n) is 11.7. The van der Waals surface area contributed by atoms with Crippen molar-refractivity contribution >= 4 is 11.9 Å². The first-order valence-electron chi connectivity index (χ1n) is 6.48. The molecule has 6 heteroatoms. The SMILES string of the molecule is COC(=O)c1cccc(CN2CCC(C(=O)OC)C2)n1. The Balaban J connectivity index is 1.98. The van der Waals surface area contributed by atoms with Gasteiger partial charge in [0.2, 0.25) is 0 Å². The molecule has 1 aromatic heterocycles. The van der Waals surface area contributed by atoms with E-state index in [4.69, 9.17) is 4.74 Å². The predicted molar refractivity (Wildman–Crippen MR) is 71.0 cm³/mol. The van der Waals surface area contributed by atoms with Crippen LogP contribution in [0.2, 0.25) is 0 Å². The summed E-state index contributed by atoms with van der Waals surface area (Å²) >= 11 is 0. The van der Waals surface area contributed by atoms with E-state index >= 15 is 0 Å². The largest absolute Gasteiger partial charge is 0.469 e. The summed E-state index contributed by atoms with van der Waals surface area (Å²) in [7, 11) is 2.74. The standard InChI is InChI=1S/C14H18N2O4/c1-19-13(17)10-6-7-16(8-10)9-11-4-3-5-12(15-11)14(18)20-2/h3-5,10H,6-9H2,1-2H3. The molecule has 1 unspecified atom stereocenters. The summed E-state index contributed by atoms with van der Waals surface area (Å²) in [4.78, 5) is 29.3. The Morgan fingerprint density at radius 2 is 2.15 bits per heavy atom. The van der Waals surface area contributed by atoms with Gasteiger partial charge < -0.3 is 9.47 Å². The summed E-state index contributed by atoms with van der Waals surface area (Å²) in [6, 6.07) is 5.26. The fourth-order valence-corrected chi connectivity index (χ4v) is 2.35. The zero-order chi connectivity index (χ0) is 14.5. The third-order valence-electron chi connectivity index (χ3n) is 3.39. The Morgan fingerprint density at radius 3 is 2.85 bits per heavy atom. The van der Waals surface area contributed by atoms with Crippen molar-refractivity contribution in [1.82, 2.24) is 9.88 Å². The predicted octanol–water partition coefficient (Wildman–Crippen LogP) is 0.863. The van der Waals surface area contributed by atoms with Gasteiger partial charge >= 0.3 is 11.9 Å². The van der Waals surface area contributed by atoms with E-state index in [2.05, 4.69) is 14.6 Å². The van der Waals surface area contributed by atoms with E-state index in [9.17, 15) is 9.59 Å². The monoisotopic (exact) mass is 278 g/mol. The minimum absolute atomic E-state index is 0.0659. The summed E-state index contributed by atoms with van der Waals surface area (Å²) in [5, 5.41) is 0. The minimum Gasteiger partial charge on any atom is -0.469 e. The van der Waals surface area contributed by atoms with Crippen LogP contribution in [-0.4, -0.2) is 49.1 Å². The van der Waals surface area contributed by atoms with E-state index < -0.39 is 5.97 Å². The molecule has 2 rings (SSSR count). The molecule has 1 fully saturated rings. The fraction of sp³-hybridized carbons (Fsp3) is 0.500. The van der Waals surface area contributed by atoms with E-state index in [1.54, 1.807) is 12.1 Å². The summed E-state index contributed by atoms with van der Waals surface area (Å²) < 4.78 is 9.40. The summed E-state index contributed by atoms with van der Waals surface area (Å²) in [6.07, 6.45) is 0.795. The van der Waals surface area contributed by atoms with Crippen LogP contribution in [0, 0.1) is 5.92 Å². The molecule has 1 atom stereocenters. The van der Waals surface area contributed by atoms with Crippen molar-refractivity contribution in [2.24, 2.45) is 5.92 Å². The molecule has 0 aromatic carbocycles. The molecule has 0 aliphatic carbocycles. The second kappa shape index (κ2) is 6.47. The molecular weight excluding hydrogens is 260 g/mol. The molecule has 1 aliphatic rings. The van der Waals surface area contributed by atoms with Crippen molar-refractivity contribution < 1.29 is 19.1 Å². The number of aromatic nitrogens is 1. The Morgan fingerprint density at radius 1 is 1.35 bits per heavy atom. The highest BCUT2D eigenvalue weighted by Gasteiger charge is 2.29. The molecule has 0 spiro atoms. The van der Waals surface area contributed by atoms with Gasteiger partial charge in [-0.2, -0.15) is 0 Å². The van der Waals surface area contributed by atoms with Crippen LogP contribution < -0.4 is 0 Å². The van der Waals surface area contributed by atoms with Gasteiger partial charge in [0.05, 0.1) is 25.8 Å². The van der Waals surface area contributed by atoms with Gasteiger partial charge in [-0.1, -0.05) is 6.07 Å². The molecule has 20 heavy (non-hydrogen) atoms. The van der Waals surface area contributed by atoms with E-state index in [0.29, 0.717) is 18.8 Å². The molecule has 108 valence electrons. The summed E-state index contributed by atoms with van der Waals surface area (Å²) in [5.41, 5.74) is 1.09. The molecule has 0 bridgehead atoms. The van der Waals surface area contributed by atoms with Crippen LogP contribution >= 0.6 is 0 Å². The Kier molecular flexibility index (Phi) is 4.68. The Bertz CT molecular complexity index is 504. The van der Waals surface area contributed by atoms with E-state index in [1.807, 2.05) is 6.07 Å². The van der Waals surface area contributed by atoms with Crippen LogP contribution in [0.1, 0.15) is 22.6 Å². The van der Waals surface area contributed by atoms with Crippen LogP contribution in [-0.2, 0) is 20.8 Å². The van der Waals surface area contributed by atoms with Gasteiger partial charge in [-0.15, -0.1) is 0 Å². The van der Waals surface area contributed by atoms with Crippen molar-refractivity contribution in [2.75, 3.05) is 27.3 Å². The molecule has 0 N–H and O–H groups in total. The molecule has 0 amide bonds. The first-order chi connectivity index (χ1) is 9.63. The van der Waals surface area contributed by atoms with Gasteiger partial charge in [0, 0.05) is 13.1 Å². The highest BCUT2D eigenvalue weighted by atomic mass is 16.5. The average Bonchev–Trinajstić information content (AvgIpc) is 2.94. The number of hydrogen-bond donors (Lipinski definition) is 0. The Hall–Kier alpha value is -1.95. The number of carbonyl (C=O) groups is 2. The van der Waals surface area contributed by atoms with Gasteiger partial charge in [-0.25, -0.2) is 9.78 Å². The molecule has 0 radical (unpaired) electrons. The maximum atomic E-state index is 11.5. The number of carbonyl (C=O) groups excluding carboxylic acids is 2. The molecule has 1 saturated heterocycles. The van der Waals surface area contributed by atoms with Gasteiger partial charge in [0.15, 0.2) is 0 Å². The normalized spacial score (nSPS) is 18.8. The number of esters is 2. The van der Waals surface area contributed by atoms with Gasteiger partial charge in [0.25, 0.3) is 0 Å². The summed E-state index contributed by atoms with van der Waals surface area (Å²) in [6.45, 7) is 2.10. The zero-order valence-corrected chi connectivity index (χ0v) is 11.7. The van der Waals surface area contributed by atoms with E-state index in [1.165, 1.54) is 14.2 Å². The second-order valence-corrected chi connectivity index (χ2v) is 4.75. The molecular formula is C14H18N2O4. The molecule has 6 nitrogen and oxygen atoms in total. The van der Waals surface area contributed by atoms with Crippen LogP contribution in [0.15, 0.2) is 18.2 Å². The maximum Gasteiger partial charge on any atom is 0.356 e. The number of hydrogen-bond acceptors (Lipinski definition) is 6. The maximum absolute atomic E-state index is 11.5. The number of nitrogens with zero attached hydrogens (tertiary/aromatic N) is 2. The third kappa shape index (κ3) is 3.33. The number of rotatable bonds is 4. The van der Waals surface area contributed by atoms with Crippen LogP contribution in [0.5, 0.6) is 0 Å². The first-order valence-corrected chi connectivity index (χ1v) is 6.48. The molecule has 0 saturated carbocycles. The lowest BCUT2D eigenvalue weighted by Crippen LogP contribution is -2.24. The smallest absolute Gasteiger partial charge is 0.356 e. The number of pyridine rings is 1. The highest BCUT2D eigenvalue weighted by Crippen LogP contribution is 2.19. The van der Waals surface area contributed by atoms with E-state index in [-0.39, 0.29) is 11.9 Å². The highest BCUT2D eigenvalue weighted by molar-refractivity contribution is 5.87. The number of methoxy groups -OCH3 is 2. The van der Waals surface area contributed by atoms with Crippen molar-refractivity contribution in [3.63, 3.8) is 0 Å². The van der Waals surface area contributed by atoms with Crippen molar-refractivity contribution in [2.45, 2.75) is 13.0 Å². The van der Waals surface area contributed by atoms with Crippen LogP contribution in [0.25, 0.3) is 0 Å². The first kappa shape index (κ1) is 14.5. The number of ether oxygens (including phenoxy) is 2.